The number of halogens is 1. The summed E-state index contributed by atoms with van der Waals surface area (Å²) in [6.07, 6.45) is 6.89. The molecular formula is C17H21ClO3. The van der Waals surface area contributed by atoms with Gasteiger partial charge in [0.1, 0.15) is 5.75 Å². The highest BCUT2D eigenvalue weighted by atomic mass is 35.5. The largest absolute Gasteiger partial charge is 0.492 e. The molecule has 2 aliphatic rings. The van der Waals surface area contributed by atoms with Crippen LogP contribution in [0.3, 0.4) is 0 Å². The molecule has 0 spiro atoms. The Bertz CT molecular complexity index is 531. The second-order valence-corrected chi connectivity index (χ2v) is 6.75. The molecule has 1 aromatic carbocycles. The number of carboxylic acid groups (broad SMARTS) is 1. The zero-order chi connectivity index (χ0) is 14.9. The molecule has 0 unspecified atom stereocenters. The van der Waals surface area contributed by atoms with Gasteiger partial charge in [-0.25, -0.2) is 0 Å². The topological polar surface area (TPSA) is 46.5 Å². The molecule has 0 atom stereocenters. The van der Waals surface area contributed by atoms with Gasteiger partial charge in [0.05, 0.1) is 17.0 Å². The quantitative estimate of drug-likeness (QED) is 0.876. The third-order valence-electron chi connectivity index (χ3n) is 4.77. The van der Waals surface area contributed by atoms with E-state index in [2.05, 4.69) is 0 Å². The van der Waals surface area contributed by atoms with Crippen LogP contribution in [0, 0.1) is 5.92 Å². The molecule has 3 rings (SSSR count). The molecule has 0 radical (unpaired) electrons. The number of rotatable bonds is 5. The van der Waals surface area contributed by atoms with E-state index < -0.39 is 11.4 Å². The third kappa shape index (κ3) is 3.03. The maximum Gasteiger partial charge on any atom is 0.314 e. The highest BCUT2D eigenvalue weighted by Gasteiger charge is 2.41. The molecule has 2 saturated carbocycles. The van der Waals surface area contributed by atoms with E-state index in [4.69, 9.17) is 16.3 Å². The maximum absolute atomic E-state index is 11.9. The van der Waals surface area contributed by atoms with Crippen LogP contribution in [-0.4, -0.2) is 17.7 Å². The van der Waals surface area contributed by atoms with Crippen molar-refractivity contribution in [1.82, 2.24) is 0 Å². The summed E-state index contributed by atoms with van der Waals surface area (Å²) in [5, 5.41) is 10.3. The average Bonchev–Trinajstić information content (AvgIpc) is 3.31. The van der Waals surface area contributed by atoms with Crippen molar-refractivity contribution in [3.63, 3.8) is 0 Å². The van der Waals surface area contributed by atoms with Gasteiger partial charge < -0.3 is 9.84 Å². The van der Waals surface area contributed by atoms with Crippen LogP contribution in [-0.2, 0) is 10.2 Å². The van der Waals surface area contributed by atoms with Crippen molar-refractivity contribution in [2.24, 2.45) is 5.92 Å². The molecule has 2 aliphatic carbocycles. The van der Waals surface area contributed by atoms with E-state index in [1.54, 1.807) is 6.07 Å². The number of carboxylic acids is 1. The fourth-order valence-electron chi connectivity index (χ4n) is 3.19. The molecule has 0 saturated heterocycles. The number of ether oxygens (including phenoxy) is 1. The fraction of sp³-hybridized carbons (Fsp3) is 0.588. The lowest BCUT2D eigenvalue weighted by Gasteiger charge is -2.34. The van der Waals surface area contributed by atoms with Crippen molar-refractivity contribution in [2.45, 2.75) is 50.4 Å². The SMILES string of the molecule is O=C(O)C1(c2ccc(Cl)c(OCC3CC3)c2)CCCCC1. The number of carbonyl (C=O) groups is 1. The molecule has 3 nitrogen and oxygen atoms in total. The Hall–Kier alpha value is -1.22. The van der Waals surface area contributed by atoms with Crippen molar-refractivity contribution < 1.29 is 14.6 Å². The predicted molar refractivity (Wildman–Crippen MR) is 82.1 cm³/mol. The van der Waals surface area contributed by atoms with Crippen molar-refractivity contribution >= 4 is 17.6 Å². The summed E-state index contributed by atoms with van der Waals surface area (Å²) < 4.78 is 5.79. The zero-order valence-corrected chi connectivity index (χ0v) is 12.9. The van der Waals surface area contributed by atoms with Crippen molar-refractivity contribution in [3.8, 4) is 5.75 Å². The standard InChI is InChI=1S/C17H21ClO3/c18-14-7-6-13(10-15(14)21-11-12-4-5-12)17(16(19)20)8-2-1-3-9-17/h6-7,10,12H,1-5,8-9,11H2,(H,19,20). The highest BCUT2D eigenvalue weighted by molar-refractivity contribution is 6.32. The van der Waals surface area contributed by atoms with Crippen LogP contribution in [0.15, 0.2) is 18.2 Å². The number of hydrogen-bond acceptors (Lipinski definition) is 2. The van der Waals surface area contributed by atoms with Gasteiger partial charge in [0.25, 0.3) is 0 Å². The Morgan fingerprint density at radius 3 is 2.62 bits per heavy atom. The van der Waals surface area contributed by atoms with Gasteiger partial charge in [0.2, 0.25) is 0 Å². The summed E-state index contributed by atoms with van der Waals surface area (Å²) in [5.41, 5.74) is 0.0745. The first-order chi connectivity index (χ1) is 10.1. The van der Waals surface area contributed by atoms with E-state index >= 15 is 0 Å². The van der Waals surface area contributed by atoms with Crippen LogP contribution in [0.5, 0.6) is 5.75 Å². The summed E-state index contributed by atoms with van der Waals surface area (Å²) in [6.45, 7) is 0.684. The Balaban J connectivity index is 1.88. The Kier molecular flexibility index (Phi) is 4.12. The van der Waals surface area contributed by atoms with Gasteiger partial charge in [-0.15, -0.1) is 0 Å². The summed E-state index contributed by atoms with van der Waals surface area (Å²) >= 11 is 6.19. The Labute approximate surface area is 130 Å². The molecule has 21 heavy (non-hydrogen) atoms. The van der Waals surface area contributed by atoms with E-state index in [1.807, 2.05) is 12.1 Å². The molecule has 0 aliphatic heterocycles. The minimum absolute atomic E-state index is 0.566. The monoisotopic (exact) mass is 308 g/mol. The Morgan fingerprint density at radius 1 is 1.29 bits per heavy atom. The van der Waals surface area contributed by atoms with E-state index in [0.717, 1.165) is 24.8 Å². The van der Waals surface area contributed by atoms with Crippen molar-refractivity contribution in [2.75, 3.05) is 6.61 Å². The summed E-state index contributed by atoms with van der Waals surface area (Å²) in [7, 11) is 0. The van der Waals surface area contributed by atoms with Gasteiger partial charge >= 0.3 is 5.97 Å². The number of benzene rings is 1. The lowest BCUT2D eigenvalue weighted by atomic mass is 9.69. The molecular weight excluding hydrogens is 288 g/mol. The van der Waals surface area contributed by atoms with Crippen LogP contribution in [0.25, 0.3) is 0 Å². The van der Waals surface area contributed by atoms with Crippen LogP contribution in [0.2, 0.25) is 5.02 Å². The van der Waals surface area contributed by atoms with Crippen LogP contribution < -0.4 is 4.74 Å². The normalized spacial score (nSPS) is 21.0. The lowest BCUT2D eigenvalue weighted by molar-refractivity contribution is -0.145. The molecule has 2 fully saturated rings. The van der Waals surface area contributed by atoms with Gasteiger partial charge in [0.15, 0.2) is 0 Å². The van der Waals surface area contributed by atoms with Crippen LogP contribution >= 0.6 is 11.6 Å². The smallest absolute Gasteiger partial charge is 0.314 e. The average molecular weight is 309 g/mol. The third-order valence-corrected chi connectivity index (χ3v) is 5.08. The molecule has 114 valence electrons. The molecule has 1 N–H and O–H groups in total. The first kappa shape index (κ1) is 14.7. The maximum atomic E-state index is 11.9. The van der Waals surface area contributed by atoms with Gasteiger partial charge in [-0.2, -0.15) is 0 Å². The van der Waals surface area contributed by atoms with Gasteiger partial charge in [0, 0.05) is 0 Å². The van der Waals surface area contributed by atoms with E-state index in [9.17, 15) is 9.90 Å². The van der Waals surface area contributed by atoms with Crippen molar-refractivity contribution in [3.05, 3.63) is 28.8 Å². The minimum atomic E-state index is -0.763. The van der Waals surface area contributed by atoms with Gasteiger partial charge in [-0.05, 0) is 49.3 Å². The summed E-state index contributed by atoms with van der Waals surface area (Å²) in [5.74, 6) is 0.553. The van der Waals surface area contributed by atoms with Crippen LogP contribution in [0.1, 0.15) is 50.5 Å². The molecule has 0 bridgehead atoms. The minimum Gasteiger partial charge on any atom is -0.492 e. The first-order valence-corrected chi connectivity index (χ1v) is 8.16. The molecule has 0 heterocycles. The van der Waals surface area contributed by atoms with Crippen molar-refractivity contribution in [1.29, 1.82) is 0 Å². The summed E-state index contributed by atoms with van der Waals surface area (Å²) in [4.78, 5) is 11.9. The van der Waals surface area contributed by atoms with Gasteiger partial charge in [-0.1, -0.05) is 36.9 Å². The first-order valence-electron chi connectivity index (χ1n) is 7.78. The molecule has 0 amide bonds. The summed E-state index contributed by atoms with van der Waals surface area (Å²) in [6, 6.07) is 5.48. The second-order valence-electron chi connectivity index (χ2n) is 6.35. The Morgan fingerprint density at radius 2 is 2.00 bits per heavy atom. The second kappa shape index (κ2) is 5.88. The molecule has 0 aromatic heterocycles. The van der Waals surface area contributed by atoms with E-state index in [0.29, 0.717) is 36.1 Å². The van der Waals surface area contributed by atoms with Gasteiger partial charge in [-0.3, -0.25) is 4.79 Å². The van der Waals surface area contributed by atoms with E-state index in [1.165, 1.54) is 12.8 Å². The fourth-order valence-corrected chi connectivity index (χ4v) is 3.36. The molecule has 1 aromatic rings. The lowest BCUT2D eigenvalue weighted by Crippen LogP contribution is -2.37. The predicted octanol–water partition coefficient (Wildman–Crippen LogP) is 4.42. The number of aliphatic carboxylic acids is 1. The molecule has 4 heteroatoms. The highest BCUT2D eigenvalue weighted by Crippen LogP contribution is 2.42. The van der Waals surface area contributed by atoms with E-state index in [-0.39, 0.29) is 0 Å². The zero-order valence-electron chi connectivity index (χ0n) is 12.1. The number of hydrogen-bond donors (Lipinski definition) is 1. The van der Waals surface area contributed by atoms with Crippen LogP contribution in [0.4, 0.5) is 0 Å².